The number of anilines is 1. The number of carbonyl (C=O) groups excluding carboxylic acids is 2. The normalized spacial score (nSPS) is 11.6. The molecule has 1 N–H and O–H groups in total. The standard InChI is InChI=1S/C22H26BrClN2O3/c1-4-11-26(12-5-2)22(28)16-7-6-8-18(13-16)25-21(27)15(3)29-20-10-9-17(24)14-19(20)23/h6-10,13-15H,4-5,11-12H2,1-3H3,(H,25,27). The molecule has 0 saturated carbocycles. The summed E-state index contributed by atoms with van der Waals surface area (Å²) in [6, 6.07) is 12.1. The first-order chi connectivity index (χ1) is 13.8. The molecule has 0 fully saturated rings. The summed E-state index contributed by atoms with van der Waals surface area (Å²) < 4.78 is 6.39. The van der Waals surface area contributed by atoms with Gasteiger partial charge in [0, 0.05) is 29.4 Å². The summed E-state index contributed by atoms with van der Waals surface area (Å²) in [7, 11) is 0. The van der Waals surface area contributed by atoms with Gasteiger partial charge < -0.3 is 15.0 Å². The van der Waals surface area contributed by atoms with Crippen LogP contribution in [0.1, 0.15) is 44.0 Å². The Morgan fingerprint density at radius 3 is 2.45 bits per heavy atom. The second-order valence-electron chi connectivity index (χ2n) is 6.70. The molecule has 0 aliphatic carbocycles. The average molecular weight is 482 g/mol. The molecular formula is C22H26BrClN2O3. The predicted octanol–water partition coefficient (Wildman–Crippen LogP) is 5.77. The lowest BCUT2D eigenvalue weighted by Gasteiger charge is -2.22. The van der Waals surface area contributed by atoms with Gasteiger partial charge in [-0.3, -0.25) is 9.59 Å². The molecule has 0 aromatic heterocycles. The Balaban J connectivity index is 2.06. The zero-order valence-corrected chi connectivity index (χ0v) is 19.2. The third kappa shape index (κ3) is 6.75. The third-order valence-electron chi connectivity index (χ3n) is 4.22. The quantitative estimate of drug-likeness (QED) is 0.494. The molecule has 0 spiro atoms. The average Bonchev–Trinajstić information content (AvgIpc) is 2.69. The predicted molar refractivity (Wildman–Crippen MR) is 121 cm³/mol. The fourth-order valence-electron chi connectivity index (χ4n) is 2.83. The Morgan fingerprint density at radius 1 is 1.14 bits per heavy atom. The zero-order chi connectivity index (χ0) is 21.4. The minimum absolute atomic E-state index is 0.0285. The first-order valence-corrected chi connectivity index (χ1v) is 10.8. The van der Waals surface area contributed by atoms with Crippen LogP contribution in [0.4, 0.5) is 5.69 Å². The van der Waals surface area contributed by atoms with Crippen molar-refractivity contribution in [3.05, 3.63) is 57.5 Å². The summed E-state index contributed by atoms with van der Waals surface area (Å²) in [5, 5.41) is 3.39. The van der Waals surface area contributed by atoms with Crippen LogP contribution in [0.15, 0.2) is 46.9 Å². The molecule has 2 aromatic carbocycles. The first kappa shape index (κ1) is 23.2. The van der Waals surface area contributed by atoms with E-state index in [1.165, 1.54) is 0 Å². The van der Waals surface area contributed by atoms with E-state index in [4.69, 9.17) is 16.3 Å². The van der Waals surface area contributed by atoms with Gasteiger partial charge in [0.05, 0.1) is 4.47 Å². The van der Waals surface area contributed by atoms with Gasteiger partial charge in [0.1, 0.15) is 5.75 Å². The van der Waals surface area contributed by atoms with Crippen molar-refractivity contribution in [2.24, 2.45) is 0 Å². The van der Waals surface area contributed by atoms with Crippen LogP contribution in [0.3, 0.4) is 0 Å². The van der Waals surface area contributed by atoms with Gasteiger partial charge in [-0.15, -0.1) is 0 Å². The van der Waals surface area contributed by atoms with Crippen LogP contribution in [0.5, 0.6) is 5.75 Å². The molecule has 2 rings (SSSR count). The lowest BCUT2D eigenvalue weighted by atomic mass is 10.1. The third-order valence-corrected chi connectivity index (χ3v) is 5.07. The van der Waals surface area contributed by atoms with E-state index < -0.39 is 6.10 Å². The zero-order valence-electron chi connectivity index (χ0n) is 16.9. The highest BCUT2D eigenvalue weighted by Crippen LogP contribution is 2.29. The summed E-state index contributed by atoms with van der Waals surface area (Å²) in [5.41, 5.74) is 1.11. The Labute approximate surface area is 185 Å². The maximum absolute atomic E-state index is 12.8. The van der Waals surface area contributed by atoms with Crippen molar-refractivity contribution in [2.45, 2.75) is 39.7 Å². The van der Waals surface area contributed by atoms with Crippen LogP contribution < -0.4 is 10.1 Å². The van der Waals surface area contributed by atoms with Crippen LogP contribution in [-0.4, -0.2) is 35.9 Å². The summed E-state index contributed by atoms with van der Waals surface area (Å²) in [4.78, 5) is 27.2. The van der Waals surface area contributed by atoms with E-state index >= 15 is 0 Å². The number of nitrogens with zero attached hydrogens (tertiary/aromatic N) is 1. The molecule has 7 heteroatoms. The summed E-state index contributed by atoms with van der Waals surface area (Å²) in [6.45, 7) is 7.18. The molecule has 0 saturated heterocycles. The molecule has 29 heavy (non-hydrogen) atoms. The van der Waals surface area contributed by atoms with Crippen molar-refractivity contribution >= 4 is 45.0 Å². The van der Waals surface area contributed by atoms with Gasteiger partial charge in [-0.05, 0) is 72.1 Å². The van der Waals surface area contributed by atoms with Crippen LogP contribution in [0.2, 0.25) is 5.02 Å². The molecule has 0 radical (unpaired) electrons. The van der Waals surface area contributed by atoms with E-state index in [9.17, 15) is 9.59 Å². The smallest absolute Gasteiger partial charge is 0.265 e. The van der Waals surface area contributed by atoms with Gasteiger partial charge >= 0.3 is 0 Å². The van der Waals surface area contributed by atoms with Crippen LogP contribution >= 0.6 is 27.5 Å². The van der Waals surface area contributed by atoms with Gasteiger partial charge in [0.2, 0.25) is 0 Å². The topological polar surface area (TPSA) is 58.6 Å². The molecule has 0 aliphatic rings. The molecule has 0 bridgehead atoms. The number of halogens is 2. The summed E-state index contributed by atoms with van der Waals surface area (Å²) >= 11 is 9.30. The number of carbonyl (C=O) groups is 2. The van der Waals surface area contributed by atoms with Gasteiger partial charge in [0.15, 0.2) is 6.10 Å². The van der Waals surface area contributed by atoms with E-state index in [-0.39, 0.29) is 11.8 Å². The fourth-order valence-corrected chi connectivity index (χ4v) is 3.60. The number of rotatable bonds is 9. The van der Waals surface area contributed by atoms with Crippen molar-refractivity contribution < 1.29 is 14.3 Å². The Kier molecular flexibility index (Phi) is 8.99. The second-order valence-corrected chi connectivity index (χ2v) is 7.99. The molecular weight excluding hydrogens is 456 g/mol. The number of nitrogens with one attached hydrogen (secondary N) is 1. The van der Waals surface area contributed by atoms with Gasteiger partial charge in [-0.2, -0.15) is 0 Å². The molecule has 1 unspecified atom stereocenters. The van der Waals surface area contributed by atoms with Gasteiger partial charge in [-0.1, -0.05) is 31.5 Å². The Bertz CT molecular complexity index is 854. The highest BCUT2D eigenvalue weighted by molar-refractivity contribution is 9.10. The molecule has 2 aromatic rings. The first-order valence-electron chi connectivity index (χ1n) is 9.67. The highest BCUT2D eigenvalue weighted by atomic mass is 79.9. The molecule has 0 aliphatic heterocycles. The van der Waals surface area contributed by atoms with Crippen LogP contribution in [-0.2, 0) is 4.79 Å². The van der Waals surface area contributed by atoms with Crippen molar-refractivity contribution in [2.75, 3.05) is 18.4 Å². The summed E-state index contributed by atoms with van der Waals surface area (Å²) in [6.07, 6.45) is 1.07. The molecule has 2 amide bonds. The molecule has 1 atom stereocenters. The number of hydrogen-bond acceptors (Lipinski definition) is 3. The summed E-state index contributed by atoms with van der Waals surface area (Å²) in [5.74, 6) is 0.186. The molecule has 5 nitrogen and oxygen atoms in total. The van der Waals surface area contributed by atoms with Crippen LogP contribution in [0.25, 0.3) is 0 Å². The van der Waals surface area contributed by atoms with E-state index in [1.54, 1.807) is 49.4 Å². The lowest BCUT2D eigenvalue weighted by Crippen LogP contribution is -2.33. The maximum Gasteiger partial charge on any atom is 0.265 e. The number of ether oxygens (including phenoxy) is 1. The minimum atomic E-state index is -0.733. The number of amides is 2. The minimum Gasteiger partial charge on any atom is -0.480 e. The SMILES string of the molecule is CCCN(CCC)C(=O)c1cccc(NC(=O)C(C)Oc2ccc(Cl)cc2Br)c1. The van der Waals surface area contributed by atoms with Crippen molar-refractivity contribution in [3.63, 3.8) is 0 Å². The second kappa shape index (κ2) is 11.2. The molecule has 156 valence electrons. The van der Waals surface area contributed by atoms with E-state index in [2.05, 4.69) is 21.2 Å². The Morgan fingerprint density at radius 2 is 1.83 bits per heavy atom. The van der Waals surface area contributed by atoms with E-state index in [0.717, 1.165) is 12.8 Å². The van der Waals surface area contributed by atoms with E-state index in [1.807, 2.05) is 18.7 Å². The van der Waals surface area contributed by atoms with Gasteiger partial charge in [-0.25, -0.2) is 0 Å². The molecule has 0 heterocycles. The van der Waals surface area contributed by atoms with Crippen molar-refractivity contribution in [1.29, 1.82) is 0 Å². The maximum atomic E-state index is 12.8. The highest BCUT2D eigenvalue weighted by Gasteiger charge is 2.18. The van der Waals surface area contributed by atoms with Gasteiger partial charge in [0.25, 0.3) is 11.8 Å². The fraction of sp³-hybridized carbons (Fsp3) is 0.364. The monoisotopic (exact) mass is 480 g/mol. The van der Waals surface area contributed by atoms with Crippen molar-refractivity contribution in [1.82, 2.24) is 4.90 Å². The Hall–Kier alpha value is -2.05. The lowest BCUT2D eigenvalue weighted by molar-refractivity contribution is -0.122. The van der Waals surface area contributed by atoms with Crippen LogP contribution in [0, 0.1) is 0 Å². The largest absolute Gasteiger partial charge is 0.480 e. The number of hydrogen-bond donors (Lipinski definition) is 1. The van der Waals surface area contributed by atoms with E-state index in [0.29, 0.717) is 39.6 Å². The van der Waals surface area contributed by atoms with Crippen molar-refractivity contribution in [3.8, 4) is 5.75 Å². The number of benzene rings is 2.